The zero-order chi connectivity index (χ0) is 10.3. The van der Waals surface area contributed by atoms with Gasteiger partial charge in [-0.1, -0.05) is 0 Å². The summed E-state index contributed by atoms with van der Waals surface area (Å²) in [6.07, 6.45) is 0.559. The molecule has 0 aromatic carbocycles. The highest BCUT2D eigenvalue weighted by Gasteiger charge is 2.15. The van der Waals surface area contributed by atoms with Crippen LogP contribution in [0.1, 0.15) is 27.2 Å². The number of hydrogen-bond donors (Lipinski definition) is 2. The van der Waals surface area contributed by atoms with Crippen molar-refractivity contribution in [3.05, 3.63) is 0 Å². The van der Waals surface area contributed by atoms with Gasteiger partial charge in [-0.15, -0.1) is 0 Å². The molecule has 0 heterocycles. The third kappa shape index (κ3) is 9.88. The van der Waals surface area contributed by atoms with Crippen LogP contribution in [0.15, 0.2) is 0 Å². The van der Waals surface area contributed by atoms with Crippen molar-refractivity contribution in [2.75, 3.05) is 13.1 Å². The molecule has 0 aliphatic carbocycles. The first kappa shape index (κ1) is 13.0. The minimum absolute atomic E-state index is 0.346. The minimum atomic E-state index is -0.411. The Hall–Kier alpha value is -0.0400. The second-order valence-electron chi connectivity index (χ2n) is 3.67. The van der Waals surface area contributed by atoms with E-state index in [1.807, 2.05) is 20.8 Å². The first-order chi connectivity index (χ1) is 5.95. The first-order valence-electron chi connectivity index (χ1n) is 4.26. The van der Waals surface area contributed by atoms with Gasteiger partial charge in [0.05, 0.1) is 0 Å². The Labute approximate surface area is 93.3 Å². The molecule has 0 saturated carbocycles. The maximum atomic E-state index is 11.1. The molecule has 0 aromatic rings. The summed E-state index contributed by atoms with van der Waals surface area (Å²) in [4.78, 5) is 11.1. The van der Waals surface area contributed by atoms with Crippen LogP contribution < -0.4 is 8.85 Å². The average Bonchev–Trinajstić information content (AvgIpc) is 1.94. The zero-order valence-corrected chi connectivity index (χ0v) is 10.5. The molecule has 4 nitrogen and oxygen atoms in total. The van der Waals surface area contributed by atoms with Crippen LogP contribution in [0, 0.1) is 0 Å². The summed E-state index contributed by atoms with van der Waals surface area (Å²) in [6, 6.07) is 0. The van der Waals surface area contributed by atoms with Gasteiger partial charge < -0.3 is 10.1 Å². The molecular formula is C8H17IN2O2. The average molecular weight is 300 g/mol. The highest BCUT2D eigenvalue weighted by atomic mass is 127. The second-order valence-corrected chi connectivity index (χ2v) is 4.43. The fraction of sp³-hybridized carbons (Fsp3) is 0.875. The molecule has 1 amide bonds. The lowest BCUT2D eigenvalue weighted by Gasteiger charge is -2.19. The van der Waals surface area contributed by atoms with Crippen molar-refractivity contribution in [1.82, 2.24) is 8.85 Å². The normalized spacial score (nSPS) is 11.1. The fourth-order valence-corrected chi connectivity index (χ4v) is 1.04. The standard InChI is InChI=1S/C8H17IN2O2/c1-8(2,3)13-7(12)10-5-4-6-11-9/h11H,4-6H2,1-3H3,(H,10,12). The van der Waals surface area contributed by atoms with Crippen molar-refractivity contribution < 1.29 is 9.53 Å². The van der Waals surface area contributed by atoms with Gasteiger partial charge in [-0.3, -0.25) is 3.53 Å². The molecular weight excluding hydrogens is 283 g/mol. The molecule has 0 saturated heterocycles. The van der Waals surface area contributed by atoms with Crippen molar-refractivity contribution in [1.29, 1.82) is 0 Å². The van der Waals surface area contributed by atoms with E-state index in [-0.39, 0.29) is 6.09 Å². The third-order valence-corrected chi connectivity index (χ3v) is 1.66. The summed E-state index contributed by atoms with van der Waals surface area (Å²) in [5.74, 6) is 0. The predicted octanol–water partition coefficient (Wildman–Crippen LogP) is 1.84. The van der Waals surface area contributed by atoms with E-state index in [1.54, 1.807) is 0 Å². The van der Waals surface area contributed by atoms with E-state index in [1.165, 1.54) is 0 Å². The molecule has 13 heavy (non-hydrogen) atoms. The minimum Gasteiger partial charge on any atom is -0.444 e. The maximum absolute atomic E-state index is 11.1. The van der Waals surface area contributed by atoms with Crippen LogP contribution >= 0.6 is 22.9 Å². The van der Waals surface area contributed by atoms with E-state index >= 15 is 0 Å². The highest BCUT2D eigenvalue weighted by Crippen LogP contribution is 2.06. The summed E-state index contributed by atoms with van der Waals surface area (Å²) in [5, 5.41) is 2.67. The number of hydrogen-bond acceptors (Lipinski definition) is 3. The van der Waals surface area contributed by atoms with Crippen LogP contribution in [0.3, 0.4) is 0 Å². The molecule has 0 radical (unpaired) electrons. The van der Waals surface area contributed by atoms with Crippen LogP contribution in [-0.2, 0) is 4.74 Å². The van der Waals surface area contributed by atoms with Gasteiger partial charge in [0.1, 0.15) is 5.60 Å². The van der Waals surface area contributed by atoms with Crippen molar-refractivity contribution in [3.8, 4) is 0 Å². The van der Waals surface area contributed by atoms with E-state index in [0.29, 0.717) is 6.54 Å². The summed E-state index contributed by atoms with van der Waals surface area (Å²) in [6.45, 7) is 7.07. The number of alkyl carbamates (subject to hydrolysis) is 1. The van der Waals surface area contributed by atoms with Crippen molar-refractivity contribution >= 4 is 29.0 Å². The lowest BCUT2D eigenvalue weighted by molar-refractivity contribution is 0.0527. The van der Waals surface area contributed by atoms with Crippen LogP contribution in [0.2, 0.25) is 0 Å². The molecule has 5 heteroatoms. The van der Waals surface area contributed by atoms with Crippen molar-refractivity contribution in [2.24, 2.45) is 0 Å². The van der Waals surface area contributed by atoms with Gasteiger partial charge in [0.15, 0.2) is 0 Å². The Morgan fingerprint density at radius 1 is 1.38 bits per heavy atom. The SMILES string of the molecule is CC(C)(C)OC(=O)NCCCNI. The predicted molar refractivity (Wildman–Crippen MR) is 60.9 cm³/mol. The molecule has 0 aliphatic heterocycles. The van der Waals surface area contributed by atoms with Crippen LogP contribution in [0.5, 0.6) is 0 Å². The molecule has 78 valence electrons. The fourth-order valence-electron chi connectivity index (χ4n) is 0.660. The zero-order valence-electron chi connectivity index (χ0n) is 8.32. The van der Waals surface area contributed by atoms with Gasteiger partial charge in [-0.2, -0.15) is 0 Å². The quantitative estimate of drug-likeness (QED) is 0.473. The first-order valence-corrected chi connectivity index (χ1v) is 5.34. The Balaban J connectivity index is 3.41. The van der Waals surface area contributed by atoms with E-state index < -0.39 is 5.60 Å². The number of carbonyl (C=O) groups excluding carboxylic acids is 1. The van der Waals surface area contributed by atoms with Gasteiger partial charge in [0.2, 0.25) is 0 Å². The monoisotopic (exact) mass is 300 g/mol. The highest BCUT2D eigenvalue weighted by molar-refractivity contribution is 14.1. The van der Waals surface area contributed by atoms with E-state index in [0.717, 1.165) is 13.0 Å². The molecule has 0 rings (SSSR count). The second kappa shape index (κ2) is 6.42. The van der Waals surface area contributed by atoms with Crippen molar-refractivity contribution in [2.45, 2.75) is 32.8 Å². The number of carbonyl (C=O) groups is 1. The number of ether oxygens (including phenoxy) is 1. The van der Waals surface area contributed by atoms with Crippen LogP contribution in [0.4, 0.5) is 4.79 Å². The van der Waals surface area contributed by atoms with Gasteiger partial charge in [-0.05, 0) is 27.2 Å². The van der Waals surface area contributed by atoms with E-state index in [2.05, 4.69) is 31.7 Å². The Morgan fingerprint density at radius 3 is 2.46 bits per heavy atom. The summed E-state index contributed by atoms with van der Waals surface area (Å²) in [7, 11) is 0. The summed E-state index contributed by atoms with van der Waals surface area (Å²) >= 11 is 2.07. The van der Waals surface area contributed by atoms with Gasteiger partial charge in [0, 0.05) is 36.0 Å². The lowest BCUT2D eigenvalue weighted by atomic mass is 10.2. The van der Waals surface area contributed by atoms with Crippen LogP contribution in [-0.4, -0.2) is 24.8 Å². The van der Waals surface area contributed by atoms with E-state index in [4.69, 9.17) is 4.74 Å². The van der Waals surface area contributed by atoms with Gasteiger partial charge in [0.25, 0.3) is 0 Å². The lowest BCUT2D eigenvalue weighted by Crippen LogP contribution is -2.33. The molecule has 0 aromatic heterocycles. The Bertz CT molecular complexity index is 157. The molecule has 0 aliphatic rings. The molecule has 0 bridgehead atoms. The number of nitrogens with one attached hydrogen (secondary N) is 2. The number of halogens is 1. The van der Waals surface area contributed by atoms with Crippen molar-refractivity contribution in [3.63, 3.8) is 0 Å². The van der Waals surface area contributed by atoms with E-state index in [9.17, 15) is 4.79 Å². The molecule has 2 N–H and O–H groups in total. The number of rotatable bonds is 4. The molecule has 0 spiro atoms. The Morgan fingerprint density at radius 2 is 2.00 bits per heavy atom. The third-order valence-electron chi connectivity index (χ3n) is 1.12. The topological polar surface area (TPSA) is 50.4 Å². The smallest absolute Gasteiger partial charge is 0.407 e. The summed E-state index contributed by atoms with van der Waals surface area (Å²) < 4.78 is 8.01. The molecule has 0 fully saturated rings. The molecule has 0 atom stereocenters. The molecule has 0 unspecified atom stereocenters. The summed E-state index contributed by atoms with van der Waals surface area (Å²) in [5.41, 5.74) is -0.411. The van der Waals surface area contributed by atoms with Gasteiger partial charge >= 0.3 is 6.09 Å². The maximum Gasteiger partial charge on any atom is 0.407 e. The number of amides is 1. The Kier molecular flexibility index (Phi) is 6.40. The van der Waals surface area contributed by atoms with Crippen LogP contribution in [0.25, 0.3) is 0 Å². The largest absolute Gasteiger partial charge is 0.444 e. The van der Waals surface area contributed by atoms with Gasteiger partial charge in [-0.25, -0.2) is 4.79 Å².